The fraction of sp³-hybridized carbons (Fsp3) is 0.929. The molecule has 6 N–H and O–H groups in total. The van der Waals surface area contributed by atoms with Crippen LogP contribution in [0, 0.1) is 0 Å². The summed E-state index contributed by atoms with van der Waals surface area (Å²) in [7, 11) is -10.5. The fourth-order valence-electron chi connectivity index (χ4n) is 3.24. The first kappa shape index (κ1) is 36.9. The molecule has 2 aliphatic heterocycles. The summed E-state index contributed by atoms with van der Waals surface area (Å²) in [6.07, 6.45) is -17.3. The molecule has 0 spiro atoms. The van der Waals surface area contributed by atoms with Gasteiger partial charge in [0.25, 0.3) is 0 Å². The molecule has 0 saturated carbocycles. The molecule has 2 heterocycles. The van der Waals surface area contributed by atoms with Gasteiger partial charge in [-0.1, -0.05) is 0 Å². The van der Waals surface area contributed by atoms with Crippen LogP contribution in [0.2, 0.25) is 0 Å². The molecule has 0 bridgehead atoms. The molecule has 0 aliphatic carbocycles. The van der Waals surface area contributed by atoms with Crippen molar-refractivity contribution in [2.75, 3.05) is 13.2 Å². The Bertz CT molecular complexity index is 922. The molecule has 36 heavy (non-hydrogen) atoms. The van der Waals surface area contributed by atoms with Crippen molar-refractivity contribution in [3.05, 3.63) is 0 Å². The second kappa shape index (κ2) is 15.0. The van der Waals surface area contributed by atoms with E-state index < -0.39 is 101 Å². The van der Waals surface area contributed by atoms with Gasteiger partial charge in [-0.3, -0.25) is 13.2 Å². The second-order valence-electron chi connectivity index (χ2n) is 7.28. The number of carbonyl (C=O) groups is 1. The van der Waals surface area contributed by atoms with Gasteiger partial charge in [0.2, 0.25) is 26.7 Å². The van der Waals surface area contributed by atoms with Crippen LogP contribution in [-0.2, 0) is 48.2 Å². The summed E-state index contributed by atoms with van der Waals surface area (Å²) >= 11 is 0. The number of ether oxygens (including phenoxy) is 3. The van der Waals surface area contributed by atoms with Crippen LogP contribution in [0.3, 0.4) is 0 Å². The Labute approximate surface area is 249 Å². The van der Waals surface area contributed by atoms with E-state index in [-0.39, 0.29) is 59.1 Å². The standard InChI is InChI=1S/C14H25NO17S2.2Na/c1-4(16)15-7-10(19)8(17)5(2-28-33(22,23)24)31-14(7)32-12-9(18)6(3-29-34(25,26)27)30-13(21)11(12)20;;/h5-14,17-21H,2-3H2,1H3,(H,15,16)(H,22,23,24)(H,25,26,27);;/q;2*+1/p-2/t5-,6-,7-,8-,9+,10-,11-,12+,13-,14-;;/m1../s1. The van der Waals surface area contributed by atoms with Gasteiger partial charge in [0, 0.05) is 6.92 Å². The van der Waals surface area contributed by atoms with Gasteiger partial charge in [0.15, 0.2) is 12.6 Å². The molecule has 1 amide bonds. The number of rotatable bonds is 9. The summed E-state index contributed by atoms with van der Waals surface area (Å²) in [5.41, 5.74) is 0. The zero-order chi connectivity index (χ0) is 26.0. The molecule has 2 fully saturated rings. The Morgan fingerprint density at radius 1 is 0.833 bits per heavy atom. The number of amides is 1. The topological polar surface area (TPSA) is 291 Å². The molecule has 2 saturated heterocycles. The summed E-state index contributed by atoms with van der Waals surface area (Å²) < 4.78 is 87.5. The first-order valence-electron chi connectivity index (χ1n) is 9.34. The molecular formula is C14H23NNa2O17S2. The van der Waals surface area contributed by atoms with Crippen LogP contribution in [0.5, 0.6) is 0 Å². The number of hydrogen-bond donors (Lipinski definition) is 6. The maximum absolute atomic E-state index is 11.5. The van der Waals surface area contributed by atoms with Crippen molar-refractivity contribution in [2.45, 2.75) is 68.3 Å². The van der Waals surface area contributed by atoms with Gasteiger partial charge >= 0.3 is 59.1 Å². The van der Waals surface area contributed by atoms with Crippen LogP contribution in [0.25, 0.3) is 0 Å². The van der Waals surface area contributed by atoms with Gasteiger partial charge in [0.05, 0.1) is 13.2 Å². The average molecular weight is 587 g/mol. The third-order valence-corrected chi connectivity index (χ3v) is 5.63. The predicted octanol–water partition coefficient (Wildman–Crippen LogP) is -12.3. The summed E-state index contributed by atoms with van der Waals surface area (Å²) in [5.74, 6) is -0.773. The van der Waals surface area contributed by atoms with E-state index in [1.807, 2.05) is 0 Å². The van der Waals surface area contributed by atoms with E-state index in [1.54, 1.807) is 0 Å². The van der Waals surface area contributed by atoms with Gasteiger partial charge in [-0.05, 0) is 0 Å². The minimum absolute atomic E-state index is 0. The van der Waals surface area contributed by atoms with Crippen molar-refractivity contribution in [3.8, 4) is 0 Å². The Balaban J connectivity index is 0.00000612. The minimum Gasteiger partial charge on any atom is -0.726 e. The van der Waals surface area contributed by atoms with Crippen LogP contribution in [0.15, 0.2) is 0 Å². The van der Waals surface area contributed by atoms with Crippen molar-refractivity contribution in [2.24, 2.45) is 0 Å². The van der Waals surface area contributed by atoms with Gasteiger partial charge in [0.1, 0.15) is 48.8 Å². The number of aliphatic hydroxyl groups is 5. The molecule has 0 unspecified atom stereocenters. The summed E-state index contributed by atoms with van der Waals surface area (Å²) in [4.78, 5) is 11.5. The second-order valence-corrected chi connectivity index (χ2v) is 9.39. The van der Waals surface area contributed by atoms with E-state index in [9.17, 15) is 56.3 Å². The summed E-state index contributed by atoms with van der Waals surface area (Å²) in [6.45, 7) is -1.19. The summed E-state index contributed by atoms with van der Waals surface area (Å²) in [5, 5.41) is 53.1. The van der Waals surface area contributed by atoms with Gasteiger partial charge in [-0.2, -0.15) is 0 Å². The molecular weight excluding hydrogens is 564 g/mol. The van der Waals surface area contributed by atoms with Crippen molar-refractivity contribution in [1.82, 2.24) is 5.32 Å². The molecule has 0 radical (unpaired) electrons. The van der Waals surface area contributed by atoms with Gasteiger partial charge in [-0.25, -0.2) is 16.8 Å². The smallest absolute Gasteiger partial charge is 0.726 e. The van der Waals surface area contributed by atoms with Crippen LogP contribution in [0.4, 0.5) is 0 Å². The molecule has 2 rings (SSSR count). The van der Waals surface area contributed by atoms with E-state index >= 15 is 0 Å². The van der Waals surface area contributed by atoms with Crippen LogP contribution < -0.4 is 64.4 Å². The van der Waals surface area contributed by atoms with Gasteiger partial charge in [-0.15, -0.1) is 0 Å². The van der Waals surface area contributed by atoms with E-state index in [4.69, 9.17) is 14.2 Å². The number of aliphatic hydroxyl groups excluding tert-OH is 5. The SMILES string of the molecule is CC(=O)N[C@H]1[C@@H](O[C@@H]2[C@@H](O)[C@H](O)O[C@H](COS(=O)(=O)[O-])[C@@H]2O)O[C@H](COS(=O)(=O)[O-])[C@@H](O)[C@@H]1O.[Na+].[Na+]. The summed E-state index contributed by atoms with van der Waals surface area (Å²) in [6, 6.07) is -1.61. The van der Waals surface area contributed by atoms with Crippen molar-refractivity contribution in [3.63, 3.8) is 0 Å². The van der Waals surface area contributed by atoms with Crippen LogP contribution in [-0.4, -0.2) is 132 Å². The molecule has 0 aromatic rings. The van der Waals surface area contributed by atoms with Crippen LogP contribution in [0.1, 0.15) is 6.92 Å². The number of nitrogens with one attached hydrogen (secondary N) is 1. The Morgan fingerprint density at radius 2 is 1.31 bits per heavy atom. The van der Waals surface area contributed by atoms with E-state index in [1.165, 1.54) is 0 Å². The zero-order valence-electron chi connectivity index (χ0n) is 19.1. The van der Waals surface area contributed by atoms with E-state index in [0.29, 0.717) is 0 Å². The van der Waals surface area contributed by atoms with Crippen molar-refractivity contribution >= 4 is 26.7 Å². The first-order valence-corrected chi connectivity index (χ1v) is 12.0. The Morgan fingerprint density at radius 3 is 1.75 bits per heavy atom. The van der Waals surface area contributed by atoms with Crippen molar-refractivity contribution in [1.29, 1.82) is 0 Å². The average Bonchev–Trinajstić information content (AvgIpc) is 2.69. The van der Waals surface area contributed by atoms with Crippen LogP contribution >= 0.6 is 0 Å². The predicted molar refractivity (Wildman–Crippen MR) is 97.3 cm³/mol. The maximum Gasteiger partial charge on any atom is 1.00 e. The molecule has 2 aliphatic rings. The van der Waals surface area contributed by atoms with E-state index in [0.717, 1.165) is 6.92 Å². The number of hydrogen-bond acceptors (Lipinski definition) is 17. The molecule has 10 atom stereocenters. The van der Waals surface area contributed by atoms with E-state index in [2.05, 4.69) is 13.7 Å². The molecule has 22 heteroatoms. The quantitative estimate of drug-likeness (QED) is 0.0829. The third-order valence-electron chi connectivity index (χ3n) is 4.78. The normalized spacial score (nSPS) is 37.3. The molecule has 18 nitrogen and oxygen atoms in total. The first-order chi connectivity index (χ1) is 15.5. The molecule has 200 valence electrons. The zero-order valence-corrected chi connectivity index (χ0v) is 24.8. The number of carbonyl (C=O) groups excluding carboxylic acids is 1. The maximum atomic E-state index is 11.5. The molecule has 0 aromatic heterocycles. The Hall–Kier alpha value is 0.890. The Kier molecular flexibility index (Phi) is 15.4. The largest absolute Gasteiger partial charge is 1.00 e. The molecule has 0 aromatic carbocycles. The van der Waals surface area contributed by atoms with Crippen molar-refractivity contribution < 1.29 is 138 Å². The van der Waals surface area contributed by atoms with Gasteiger partial charge < -0.3 is 54.2 Å². The minimum atomic E-state index is -5.24. The fourth-order valence-corrected chi connectivity index (χ4v) is 3.85. The third kappa shape index (κ3) is 10.8. The monoisotopic (exact) mass is 587 g/mol.